The van der Waals surface area contributed by atoms with Gasteiger partial charge in [-0.15, -0.1) is 0 Å². The summed E-state index contributed by atoms with van der Waals surface area (Å²) in [6.45, 7) is 5.76. The molecule has 0 amide bonds. The fourth-order valence-electron chi connectivity index (χ4n) is 2.77. The predicted octanol–water partition coefficient (Wildman–Crippen LogP) is 3.68. The molecule has 3 nitrogen and oxygen atoms in total. The van der Waals surface area contributed by atoms with Gasteiger partial charge in [0.1, 0.15) is 11.5 Å². The van der Waals surface area contributed by atoms with Crippen LogP contribution in [0, 0.1) is 13.8 Å². The van der Waals surface area contributed by atoms with Crippen LogP contribution in [0.15, 0.2) is 40.8 Å². The minimum Gasteiger partial charge on any atom is -0.465 e. The van der Waals surface area contributed by atoms with Crippen LogP contribution in [0.1, 0.15) is 22.8 Å². The number of hydrogen-bond donors (Lipinski definition) is 1. The fraction of sp³-hybridized carbons (Fsp3) is 0.294. The number of para-hydroxylation sites is 1. The van der Waals surface area contributed by atoms with Crippen molar-refractivity contribution in [3.63, 3.8) is 0 Å². The molecular formula is C17H20N2O. The molecule has 1 aromatic carbocycles. The van der Waals surface area contributed by atoms with E-state index in [1.807, 2.05) is 19.1 Å². The van der Waals surface area contributed by atoms with E-state index in [1.165, 1.54) is 22.2 Å². The van der Waals surface area contributed by atoms with Crippen molar-refractivity contribution in [2.75, 3.05) is 0 Å². The van der Waals surface area contributed by atoms with E-state index in [-0.39, 0.29) is 0 Å². The predicted molar refractivity (Wildman–Crippen MR) is 81.6 cm³/mol. The van der Waals surface area contributed by atoms with Crippen LogP contribution in [-0.2, 0) is 20.1 Å². The Morgan fingerprint density at radius 1 is 1.05 bits per heavy atom. The summed E-state index contributed by atoms with van der Waals surface area (Å²) in [6, 6.07) is 12.6. The summed E-state index contributed by atoms with van der Waals surface area (Å²) in [7, 11) is 2.13. The first-order valence-electron chi connectivity index (χ1n) is 6.95. The summed E-state index contributed by atoms with van der Waals surface area (Å²) < 4.78 is 7.84. The van der Waals surface area contributed by atoms with Crippen LogP contribution in [0.5, 0.6) is 0 Å². The summed E-state index contributed by atoms with van der Waals surface area (Å²) in [5.41, 5.74) is 3.97. The Labute approximate surface area is 119 Å². The number of fused-ring (bicyclic) bond motifs is 1. The molecule has 20 heavy (non-hydrogen) atoms. The molecular weight excluding hydrogens is 248 g/mol. The van der Waals surface area contributed by atoms with Crippen LogP contribution in [0.3, 0.4) is 0 Å². The van der Waals surface area contributed by atoms with Crippen LogP contribution in [0.2, 0.25) is 0 Å². The average molecular weight is 268 g/mol. The zero-order chi connectivity index (χ0) is 14.1. The Morgan fingerprint density at radius 2 is 1.85 bits per heavy atom. The molecule has 0 atom stereocenters. The third-order valence-electron chi connectivity index (χ3n) is 3.89. The maximum Gasteiger partial charge on any atom is 0.117 e. The Kier molecular flexibility index (Phi) is 3.36. The van der Waals surface area contributed by atoms with E-state index in [1.54, 1.807) is 0 Å². The first-order valence-corrected chi connectivity index (χ1v) is 6.95. The van der Waals surface area contributed by atoms with Gasteiger partial charge in [0.2, 0.25) is 0 Å². The van der Waals surface area contributed by atoms with Crippen molar-refractivity contribution >= 4 is 10.9 Å². The Morgan fingerprint density at radius 3 is 2.55 bits per heavy atom. The quantitative estimate of drug-likeness (QED) is 0.782. The number of rotatable bonds is 4. The Bertz CT molecular complexity index is 698. The van der Waals surface area contributed by atoms with Crippen molar-refractivity contribution in [1.29, 1.82) is 0 Å². The van der Waals surface area contributed by atoms with Crippen LogP contribution in [-0.4, -0.2) is 4.57 Å². The molecule has 3 rings (SSSR count). The molecule has 2 heterocycles. The molecule has 0 radical (unpaired) electrons. The van der Waals surface area contributed by atoms with Crippen molar-refractivity contribution < 1.29 is 4.42 Å². The number of nitrogens with one attached hydrogen (secondary N) is 1. The maximum atomic E-state index is 5.57. The van der Waals surface area contributed by atoms with E-state index < -0.39 is 0 Å². The molecule has 0 unspecified atom stereocenters. The van der Waals surface area contributed by atoms with Crippen LogP contribution in [0.25, 0.3) is 10.9 Å². The Balaban J connectivity index is 1.77. The van der Waals surface area contributed by atoms with Gasteiger partial charge in [-0.1, -0.05) is 18.2 Å². The second-order valence-electron chi connectivity index (χ2n) is 5.26. The number of hydrogen-bond acceptors (Lipinski definition) is 2. The Hall–Kier alpha value is -2.00. The first-order chi connectivity index (χ1) is 9.66. The molecule has 0 spiro atoms. The minimum atomic E-state index is 0.759. The van der Waals surface area contributed by atoms with Gasteiger partial charge < -0.3 is 14.3 Å². The highest BCUT2D eigenvalue weighted by molar-refractivity contribution is 5.85. The highest BCUT2D eigenvalue weighted by Gasteiger charge is 2.10. The van der Waals surface area contributed by atoms with Crippen molar-refractivity contribution in [2.45, 2.75) is 26.9 Å². The third kappa shape index (κ3) is 2.25. The second-order valence-corrected chi connectivity index (χ2v) is 5.26. The fourth-order valence-corrected chi connectivity index (χ4v) is 2.77. The van der Waals surface area contributed by atoms with Gasteiger partial charge in [0, 0.05) is 30.2 Å². The van der Waals surface area contributed by atoms with E-state index in [0.29, 0.717) is 0 Å². The van der Waals surface area contributed by atoms with Crippen molar-refractivity contribution in [1.82, 2.24) is 9.88 Å². The van der Waals surface area contributed by atoms with E-state index >= 15 is 0 Å². The summed E-state index contributed by atoms with van der Waals surface area (Å²) in [5, 5.41) is 4.79. The van der Waals surface area contributed by atoms with Crippen molar-refractivity contribution in [3.8, 4) is 0 Å². The van der Waals surface area contributed by atoms with Crippen molar-refractivity contribution in [2.24, 2.45) is 7.05 Å². The molecule has 2 aromatic heterocycles. The van der Waals surface area contributed by atoms with Crippen LogP contribution >= 0.6 is 0 Å². The maximum absolute atomic E-state index is 5.57. The summed E-state index contributed by atoms with van der Waals surface area (Å²) >= 11 is 0. The standard InChI is InChI=1S/C17H20N2O/c1-12-8-9-14(20-12)10-18-11-17-13(2)15-6-4-5-7-16(15)19(17)3/h4-9,18H,10-11H2,1-3H3. The zero-order valence-electron chi connectivity index (χ0n) is 12.2. The molecule has 0 fully saturated rings. The highest BCUT2D eigenvalue weighted by atomic mass is 16.3. The summed E-state index contributed by atoms with van der Waals surface area (Å²) in [5.74, 6) is 1.95. The van der Waals surface area contributed by atoms with Gasteiger partial charge in [-0.3, -0.25) is 0 Å². The molecule has 0 bridgehead atoms. The van der Waals surface area contributed by atoms with E-state index in [0.717, 1.165) is 24.6 Å². The molecule has 0 aliphatic carbocycles. The van der Waals surface area contributed by atoms with Gasteiger partial charge in [-0.25, -0.2) is 0 Å². The number of aryl methyl sites for hydroxylation is 3. The average Bonchev–Trinajstić information content (AvgIpc) is 2.97. The minimum absolute atomic E-state index is 0.759. The number of aromatic nitrogens is 1. The number of benzene rings is 1. The highest BCUT2D eigenvalue weighted by Crippen LogP contribution is 2.24. The lowest BCUT2D eigenvalue weighted by atomic mass is 10.1. The lowest BCUT2D eigenvalue weighted by Gasteiger charge is -2.07. The molecule has 3 aromatic rings. The number of nitrogens with zero attached hydrogens (tertiary/aromatic N) is 1. The van der Waals surface area contributed by atoms with E-state index in [9.17, 15) is 0 Å². The molecule has 0 aliphatic heterocycles. The molecule has 1 N–H and O–H groups in total. The van der Waals surface area contributed by atoms with E-state index in [4.69, 9.17) is 4.42 Å². The largest absolute Gasteiger partial charge is 0.465 e. The molecule has 0 saturated carbocycles. The van der Waals surface area contributed by atoms with Gasteiger partial charge in [0.05, 0.1) is 6.54 Å². The van der Waals surface area contributed by atoms with Gasteiger partial charge in [0.25, 0.3) is 0 Å². The van der Waals surface area contributed by atoms with Crippen molar-refractivity contribution in [3.05, 3.63) is 59.2 Å². The summed E-state index contributed by atoms with van der Waals surface area (Å²) in [6.07, 6.45) is 0. The topological polar surface area (TPSA) is 30.1 Å². The molecule has 104 valence electrons. The smallest absolute Gasteiger partial charge is 0.117 e. The third-order valence-corrected chi connectivity index (χ3v) is 3.89. The van der Waals surface area contributed by atoms with Crippen LogP contribution < -0.4 is 5.32 Å². The monoisotopic (exact) mass is 268 g/mol. The second kappa shape index (κ2) is 5.17. The lowest BCUT2D eigenvalue weighted by Crippen LogP contribution is -2.15. The van der Waals surface area contributed by atoms with E-state index in [2.05, 4.69) is 48.1 Å². The summed E-state index contributed by atoms with van der Waals surface area (Å²) in [4.78, 5) is 0. The van der Waals surface area contributed by atoms with Gasteiger partial charge >= 0.3 is 0 Å². The van der Waals surface area contributed by atoms with Gasteiger partial charge in [0.15, 0.2) is 0 Å². The van der Waals surface area contributed by atoms with Gasteiger partial charge in [-0.2, -0.15) is 0 Å². The SMILES string of the molecule is Cc1ccc(CNCc2c(C)c3ccccc3n2C)o1. The number of furan rings is 1. The van der Waals surface area contributed by atoms with Gasteiger partial charge in [-0.05, 0) is 37.6 Å². The molecule has 3 heteroatoms. The molecule has 0 saturated heterocycles. The lowest BCUT2D eigenvalue weighted by molar-refractivity contribution is 0.459. The first kappa shape index (κ1) is 13.0. The normalized spacial score (nSPS) is 11.3. The molecule has 0 aliphatic rings. The van der Waals surface area contributed by atoms with Crippen LogP contribution in [0.4, 0.5) is 0 Å². The zero-order valence-corrected chi connectivity index (χ0v) is 12.2.